The number of carbonyl (C=O) groups is 1. The van der Waals surface area contributed by atoms with E-state index in [1.807, 2.05) is 41.1 Å². The topological polar surface area (TPSA) is 62.1 Å². The quantitative estimate of drug-likeness (QED) is 0.941. The van der Waals surface area contributed by atoms with E-state index in [1.165, 1.54) is 11.3 Å². The van der Waals surface area contributed by atoms with E-state index in [9.17, 15) is 10.1 Å². The summed E-state index contributed by atoms with van der Waals surface area (Å²) >= 11 is 1.52. The van der Waals surface area contributed by atoms with Gasteiger partial charge in [0, 0.05) is 6.42 Å². The standard InChI is InChI=1S/C17H16N2O2S/c18-10-15(13-6-8-22-11-13)19-17(20)9-12-5-7-21-16-4-2-1-3-14(12)16/h1-4,6,8,11-12,15H,5,7,9H2,(H,19,20)/t12-,15+/m0/s1. The van der Waals surface area contributed by atoms with Crippen molar-refractivity contribution >= 4 is 17.2 Å². The Balaban J connectivity index is 1.67. The van der Waals surface area contributed by atoms with Crippen LogP contribution in [0.5, 0.6) is 5.75 Å². The van der Waals surface area contributed by atoms with Gasteiger partial charge in [0.2, 0.25) is 5.91 Å². The number of rotatable bonds is 4. The Hall–Kier alpha value is -2.32. The van der Waals surface area contributed by atoms with Crippen molar-refractivity contribution in [2.45, 2.75) is 24.8 Å². The second kappa shape index (κ2) is 6.63. The molecule has 0 saturated carbocycles. The second-order valence-electron chi connectivity index (χ2n) is 5.26. The Morgan fingerprint density at radius 3 is 3.09 bits per heavy atom. The van der Waals surface area contributed by atoms with E-state index in [0.29, 0.717) is 13.0 Å². The number of nitrogens with zero attached hydrogens (tertiary/aromatic N) is 1. The largest absolute Gasteiger partial charge is 0.493 e. The number of amides is 1. The van der Waals surface area contributed by atoms with Gasteiger partial charge in [-0.05, 0) is 46.4 Å². The van der Waals surface area contributed by atoms with Crippen LogP contribution in [0, 0.1) is 11.3 Å². The summed E-state index contributed by atoms with van der Waals surface area (Å²) in [5, 5.41) is 15.8. The fourth-order valence-corrected chi connectivity index (χ4v) is 3.39. The van der Waals surface area contributed by atoms with Crippen molar-refractivity contribution in [3.63, 3.8) is 0 Å². The van der Waals surface area contributed by atoms with Crippen LogP contribution in [0.25, 0.3) is 0 Å². The van der Waals surface area contributed by atoms with Crippen molar-refractivity contribution in [3.05, 3.63) is 52.2 Å². The van der Waals surface area contributed by atoms with Crippen molar-refractivity contribution in [1.29, 1.82) is 5.26 Å². The van der Waals surface area contributed by atoms with Gasteiger partial charge in [-0.3, -0.25) is 4.79 Å². The lowest BCUT2D eigenvalue weighted by atomic mass is 9.90. The fourth-order valence-electron chi connectivity index (χ4n) is 2.70. The lowest BCUT2D eigenvalue weighted by Gasteiger charge is -2.25. The number of ether oxygens (including phenoxy) is 1. The number of hydrogen-bond acceptors (Lipinski definition) is 4. The molecule has 0 aliphatic carbocycles. The van der Waals surface area contributed by atoms with Crippen LogP contribution in [0.2, 0.25) is 0 Å². The molecule has 2 atom stereocenters. The molecular weight excluding hydrogens is 296 g/mol. The van der Waals surface area contributed by atoms with Gasteiger partial charge in [-0.25, -0.2) is 0 Å². The Labute approximate surface area is 133 Å². The molecule has 0 bridgehead atoms. The van der Waals surface area contributed by atoms with Crippen LogP contribution in [0.1, 0.15) is 35.9 Å². The summed E-state index contributed by atoms with van der Waals surface area (Å²) in [5.74, 6) is 0.910. The molecule has 2 aromatic rings. The molecule has 1 aromatic carbocycles. The molecule has 0 spiro atoms. The Morgan fingerprint density at radius 1 is 1.45 bits per heavy atom. The minimum absolute atomic E-state index is 0.0977. The number of fused-ring (bicyclic) bond motifs is 1. The number of nitrogens with one attached hydrogen (secondary N) is 1. The van der Waals surface area contributed by atoms with Gasteiger partial charge >= 0.3 is 0 Å². The zero-order valence-corrected chi connectivity index (χ0v) is 12.8. The molecule has 112 valence electrons. The Morgan fingerprint density at radius 2 is 2.32 bits per heavy atom. The molecule has 0 fully saturated rings. The van der Waals surface area contributed by atoms with Crippen molar-refractivity contribution in [3.8, 4) is 11.8 Å². The molecule has 1 aliphatic heterocycles. The van der Waals surface area contributed by atoms with Crippen LogP contribution in [-0.4, -0.2) is 12.5 Å². The first-order chi connectivity index (χ1) is 10.8. The first kappa shape index (κ1) is 14.6. The maximum absolute atomic E-state index is 12.3. The summed E-state index contributed by atoms with van der Waals surface area (Å²) in [6.45, 7) is 0.626. The average molecular weight is 312 g/mol. The maximum Gasteiger partial charge on any atom is 0.221 e. The minimum atomic E-state index is -0.575. The minimum Gasteiger partial charge on any atom is -0.493 e. The van der Waals surface area contributed by atoms with E-state index in [1.54, 1.807) is 0 Å². The SMILES string of the molecule is N#C[C@@H](NC(=O)C[C@@H]1CCOc2ccccc21)c1ccsc1. The normalized spacial score (nSPS) is 17.7. The third-order valence-electron chi connectivity index (χ3n) is 3.83. The summed E-state index contributed by atoms with van der Waals surface area (Å²) < 4.78 is 5.61. The predicted octanol–water partition coefficient (Wildman–Crippen LogP) is 3.39. The zero-order chi connectivity index (χ0) is 15.4. The maximum atomic E-state index is 12.3. The van der Waals surface area contributed by atoms with Gasteiger partial charge in [0.25, 0.3) is 0 Å². The van der Waals surface area contributed by atoms with Crippen molar-refractivity contribution < 1.29 is 9.53 Å². The highest BCUT2D eigenvalue weighted by molar-refractivity contribution is 7.08. The zero-order valence-electron chi connectivity index (χ0n) is 12.0. The molecule has 0 saturated heterocycles. The third kappa shape index (κ3) is 3.12. The molecule has 5 heteroatoms. The highest BCUT2D eigenvalue weighted by Gasteiger charge is 2.24. The van der Waals surface area contributed by atoms with Crippen LogP contribution in [0.4, 0.5) is 0 Å². The smallest absolute Gasteiger partial charge is 0.221 e. The number of carbonyl (C=O) groups excluding carboxylic acids is 1. The number of para-hydroxylation sites is 1. The van der Waals surface area contributed by atoms with Gasteiger partial charge in [-0.15, -0.1) is 0 Å². The molecule has 1 amide bonds. The van der Waals surface area contributed by atoms with E-state index >= 15 is 0 Å². The summed E-state index contributed by atoms with van der Waals surface area (Å²) in [6.07, 6.45) is 1.20. The molecule has 0 unspecified atom stereocenters. The van der Waals surface area contributed by atoms with Gasteiger partial charge in [0.15, 0.2) is 0 Å². The summed E-state index contributed by atoms with van der Waals surface area (Å²) in [4.78, 5) is 12.3. The van der Waals surface area contributed by atoms with Crippen LogP contribution < -0.4 is 10.1 Å². The van der Waals surface area contributed by atoms with E-state index in [4.69, 9.17) is 4.74 Å². The highest BCUT2D eigenvalue weighted by atomic mass is 32.1. The lowest BCUT2D eigenvalue weighted by Crippen LogP contribution is -2.29. The van der Waals surface area contributed by atoms with Crippen LogP contribution in [-0.2, 0) is 4.79 Å². The van der Waals surface area contributed by atoms with Crippen molar-refractivity contribution in [1.82, 2.24) is 5.32 Å². The van der Waals surface area contributed by atoms with Crippen LogP contribution in [0.15, 0.2) is 41.1 Å². The summed E-state index contributed by atoms with van der Waals surface area (Å²) in [6, 6.07) is 11.3. The van der Waals surface area contributed by atoms with E-state index in [2.05, 4.69) is 11.4 Å². The fraction of sp³-hybridized carbons (Fsp3) is 0.294. The lowest BCUT2D eigenvalue weighted by molar-refractivity contribution is -0.122. The summed E-state index contributed by atoms with van der Waals surface area (Å²) in [7, 11) is 0. The number of thiophene rings is 1. The number of nitriles is 1. The molecule has 4 nitrogen and oxygen atoms in total. The molecule has 1 aromatic heterocycles. The van der Waals surface area contributed by atoms with Gasteiger partial charge in [-0.2, -0.15) is 16.6 Å². The van der Waals surface area contributed by atoms with E-state index < -0.39 is 6.04 Å². The molecule has 1 aliphatic rings. The monoisotopic (exact) mass is 312 g/mol. The van der Waals surface area contributed by atoms with Gasteiger partial charge < -0.3 is 10.1 Å². The molecule has 0 radical (unpaired) electrons. The Kier molecular flexibility index (Phi) is 4.40. The number of hydrogen-bond donors (Lipinski definition) is 1. The van der Waals surface area contributed by atoms with E-state index in [-0.39, 0.29) is 11.8 Å². The Bertz CT molecular complexity index is 691. The highest BCUT2D eigenvalue weighted by Crippen LogP contribution is 2.35. The van der Waals surface area contributed by atoms with Gasteiger partial charge in [-0.1, -0.05) is 18.2 Å². The van der Waals surface area contributed by atoms with Crippen molar-refractivity contribution in [2.75, 3.05) is 6.61 Å². The molecule has 3 rings (SSSR count). The molecule has 22 heavy (non-hydrogen) atoms. The van der Waals surface area contributed by atoms with E-state index in [0.717, 1.165) is 23.3 Å². The molecular formula is C17H16N2O2S. The first-order valence-corrected chi connectivity index (χ1v) is 8.15. The van der Waals surface area contributed by atoms with Crippen LogP contribution in [0.3, 0.4) is 0 Å². The van der Waals surface area contributed by atoms with Crippen molar-refractivity contribution in [2.24, 2.45) is 0 Å². The molecule has 1 N–H and O–H groups in total. The third-order valence-corrected chi connectivity index (χ3v) is 4.53. The second-order valence-corrected chi connectivity index (χ2v) is 6.04. The average Bonchev–Trinajstić information content (AvgIpc) is 3.07. The van der Waals surface area contributed by atoms with Crippen LogP contribution >= 0.6 is 11.3 Å². The predicted molar refractivity (Wildman–Crippen MR) is 84.7 cm³/mol. The number of benzene rings is 1. The molecule has 2 heterocycles. The first-order valence-electron chi connectivity index (χ1n) is 7.20. The summed E-state index contributed by atoms with van der Waals surface area (Å²) in [5.41, 5.74) is 1.92. The van der Waals surface area contributed by atoms with Gasteiger partial charge in [0.1, 0.15) is 11.8 Å². The van der Waals surface area contributed by atoms with Gasteiger partial charge in [0.05, 0.1) is 12.7 Å².